The summed E-state index contributed by atoms with van der Waals surface area (Å²) in [6.45, 7) is 2.82. The van der Waals surface area contributed by atoms with Crippen LogP contribution in [0, 0.1) is 5.92 Å². The molecule has 2 fully saturated rings. The molecule has 1 aromatic heterocycles. The first-order valence-electron chi connectivity index (χ1n) is 6.11. The van der Waals surface area contributed by atoms with Crippen molar-refractivity contribution < 1.29 is 4.79 Å². The number of halogens is 1. The van der Waals surface area contributed by atoms with E-state index in [1.165, 1.54) is 6.42 Å². The van der Waals surface area contributed by atoms with E-state index >= 15 is 0 Å². The summed E-state index contributed by atoms with van der Waals surface area (Å²) in [5.74, 6) is 0.702. The van der Waals surface area contributed by atoms with Gasteiger partial charge in [-0.25, -0.2) is 0 Å². The Morgan fingerprint density at radius 3 is 3.12 bits per heavy atom. The SMILES string of the molecule is O=C(c1cc(Cl)c[nH]1)N1CCCC2CNCC21. The van der Waals surface area contributed by atoms with Crippen LogP contribution < -0.4 is 5.32 Å². The van der Waals surface area contributed by atoms with Crippen LogP contribution in [0.2, 0.25) is 5.02 Å². The van der Waals surface area contributed by atoms with Crippen LogP contribution in [0.3, 0.4) is 0 Å². The van der Waals surface area contributed by atoms with Crippen LogP contribution in [0.1, 0.15) is 23.3 Å². The topological polar surface area (TPSA) is 48.1 Å². The second-order valence-electron chi connectivity index (χ2n) is 4.86. The summed E-state index contributed by atoms with van der Waals surface area (Å²) in [6.07, 6.45) is 3.99. The molecule has 92 valence electrons. The molecule has 2 atom stereocenters. The van der Waals surface area contributed by atoms with Crippen LogP contribution in [-0.2, 0) is 0 Å². The van der Waals surface area contributed by atoms with Gasteiger partial charge in [-0.3, -0.25) is 4.79 Å². The molecule has 0 bridgehead atoms. The normalized spacial score (nSPS) is 28.2. The largest absolute Gasteiger partial charge is 0.356 e. The first kappa shape index (κ1) is 11.1. The van der Waals surface area contributed by atoms with E-state index < -0.39 is 0 Å². The fourth-order valence-electron chi connectivity index (χ4n) is 2.97. The zero-order valence-corrected chi connectivity index (χ0v) is 10.3. The summed E-state index contributed by atoms with van der Waals surface area (Å²) in [5.41, 5.74) is 0.600. The number of carbonyl (C=O) groups excluding carboxylic acids is 1. The van der Waals surface area contributed by atoms with E-state index in [0.717, 1.165) is 26.1 Å². The van der Waals surface area contributed by atoms with Crippen molar-refractivity contribution in [3.63, 3.8) is 0 Å². The van der Waals surface area contributed by atoms with Crippen molar-refractivity contribution in [2.75, 3.05) is 19.6 Å². The molecule has 0 aliphatic carbocycles. The van der Waals surface area contributed by atoms with Crippen LogP contribution in [0.4, 0.5) is 0 Å². The van der Waals surface area contributed by atoms with Crippen molar-refractivity contribution in [3.05, 3.63) is 23.0 Å². The fraction of sp³-hybridized carbons (Fsp3) is 0.583. The smallest absolute Gasteiger partial charge is 0.270 e. The minimum Gasteiger partial charge on any atom is -0.356 e. The lowest BCUT2D eigenvalue weighted by Crippen LogP contribution is -2.48. The molecule has 2 N–H and O–H groups in total. The van der Waals surface area contributed by atoms with E-state index in [-0.39, 0.29) is 5.91 Å². The number of nitrogens with zero attached hydrogens (tertiary/aromatic N) is 1. The number of piperidine rings is 1. The Morgan fingerprint density at radius 2 is 2.35 bits per heavy atom. The maximum Gasteiger partial charge on any atom is 0.270 e. The molecule has 4 nitrogen and oxygen atoms in total. The van der Waals surface area contributed by atoms with Crippen LogP contribution in [-0.4, -0.2) is 41.5 Å². The summed E-state index contributed by atoms with van der Waals surface area (Å²) in [4.78, 5) is 17.3. The highest BCUT2D eigenvalue weighted by Gasteiger charge is 2.37. The number of carbonyl (C=O) groups is 1. The molecule has 2 aliphatic rings. The average Bonchev–Trinajstić information content (AvgIpc) is 2.95. The van der Waals surface area contributed by atoms with Crippen LogP contribution in [0.15, 0.2) is 12.3 Å². The highest BCUT2D eigenvalue weighted by molar-refractivity contribution is 6.30. The predicted octanol–water partition coefficient (Wildman–Crippen LogP) is 1.49. The number of aromatic amines is 1. The number of H-pyrrole nitrogens is 1. The molecular weight excluding hydrogens is 238 g/mol. The maximum atomic E-state index is 12.4. The summed E-state index contributed by atoms with van der Waals surface area (Å²) < 4.78 is 0. The van der Waals surface area contributed by atoms with Crippen molar-refractivity contribution in [2.24, 2.45) is 5.92 Å². The summed E-state index contributed by atoms with van der Waals surface area (Å²) in [7, 11) is 0. The third-order valence-corrected chi connectivity index (χ3v) is 4.04. The van der Waals surface area contributed by atoms with Crippen LogP contribution >= 0.6 is 11.6 Å². The lowest BCUT2D eigenvalue weighted by molar-refractivity contribution is 0.0569. The molecule has 3 heterocycles. The van der Waals surface area contributed by atoms with E-state index in [0.29, 0.717) is 22.7 Å². The third-order valence-electron chi connectivity index (χ3n) is 3.82. The number of hydrogen-bond acceptors (Lipinski definition) is 2. The van der Waals surface area contributed by atoms with Crippen molar-refractivity contribution in [1.29, 1.82) is 0 Å². The second kappa shape index (κ2) is 4.35. The molecule has 2 saturated heterocycles. The van der Waals surface area contributed by atoms with Gasteiger partial charge in [0.05, 0.1) is 5.02 Å². The van der Waals surface area contributed by atoms with Gasteiger partial charge in [-0.1, -0.05) is 11.6 Å². The van der Waals surface area contributed by atoms with Gasteiger partial charge >= 0.3 is 0 Å². The summed E-state index contributed by atoms with van der Waals surface area (Å²) in [6, 6.07) is 2.06. The quantitative estimate of drug-likeness (QED) is 0.797. The lowest BCUT2D eigenvalue weighted by Gasteiger charge is -2.36. The van der Waals surface area contributed by atoms with E-state index in [1.54, 1.807) is 12.3 Å². The van der Waals surface area contributed by atoms with Crippen molar-refractivity contribution >= 4 is 17.5 Å². The number of hydrogen-bond donors (Lipinski definition) is 2. The summed E-state index contributed by atoms with van der Waals surface area (Å²) in [5, 5.41) is 3.96. The monoisotopic (exact) mass is 253 g/mol. The van der Waals surface area contributed by atoms with Gasteiger partial charge in [-0.15, -0.1) is 0 Å². The molecule has 5 heteroatoms. The molecule has 2 aliphatic heterocycles. The van der Waals surface area contributed by atoms with Crippen LogP contribution in [0.5, 0.6) is 0 Å². The van der Waals surface area contributed by atoms with Gasteiger partial charge < -0.3 is 15.2 Å². The zero-order chi connectivity index (χ0) is 11.8. The highest BCUT2D eigenvalue weighted by Crippen LogP contribution is 2.27. The molecular formula is C12H16ClN3O. The molecule has 3 rings (SSSR count). The van der Waals surface area contributed by atoms with Gasteiger partial charge in [-0.05, 0) is 24.8 Å². The van der Waals surface area contributed by atoms with E-state index in [9.17, 15) is 4.79 Å². The van der Waals surface area contributed by atoms with Gasteiger partial charge in [0.25, 0.3) is 5.91 Å². The van der Waals surface area contributed by atoms with E-state index in [2.05, 4.69) is 10.3 Å². The Kier molecular flexibility index (Phi) is 2.84. The van der Waals surface area contributed by atoms with Gasteiger partial charge in [-0.2, -0.15) is 0 Å². The molecule has 2 unspecified atom stereocenters. The summed E-state index contributed by atoms with van der Waals surface area (Å²) >= 11 is 5.84. The zero-order valence-electron chi connectivity index (χ0n) is 9.58. The first-order valence-corrected chi connectivity index (χ1v) is 6.49. The molecule has 0 aromatic carbocycles. The maximum absolute atomic E-state index is 12.4. The number of fused-ring (bicyclic) bond motifs is 1. The molecule has 1 amide bonds. The minimum atomic E-state index is 0.0790. The Bertz CT molecular complexity index is 431. The number of nitrogens with one attached hydrogen (secondary N) is 2. The van der Waals surface area contributed by atoms with Crippen molar-refractivity contribution in [2.45, 2.75) is 18.9 Å². The predicted molar refractivity (Wildman–Crippen MR) is 66.2 cm³/mol. The molecule has 0 spiro atoms. The lowest BCUT2D eigenvalue weighted by atomic mass is 9.92. The number of rotatable bonds is 1. The molecule has 17 heavy (non-hydrogen) atoms. The second-order valence-corrected chi connectivity index (χ2v) is 5.29. The van der Waals surface area contributed by atoms with E-state index in [4.69, 9.17) is 11.6 Å². The van der Waals surface area contributed by atoms with Crippen LogP contribution in [0.25, 0.3) is 0 Å². The average molecular weight is 254 g/mol. The van der Waals surface area contributed by atoms with Crippen molar-refractivity contribution in [3.8, 4) is 0 Å². The minimum absolute atomic E-state index is 0.0790. The Balaban J connectivity index is 1.81. The number of aromatic nitrogens is 1. The third kappa shape index (κ3) is 1.96. The highest BCUT2D eigenvalue weighted by atomic mass is 35.5. The molecule has 0 radical (unpaired) electrons. The Morgan fingerprint density at radius 1 is 1.47 bits per heavy atom. The Labute approximate surface area is 105 Å². The van der Waals surface area contributed by atoms with E-state index in [1.807, 2.05) is 4.90 Å². The Hall–Kier alpha value is -1.00. The van der Waals surface area contributed by atoms with Gasteiger partial charge in [0, 0.05) is 31.9 Å². The first-order chi connectivity index (χ1) is 8.25. The number of amides is 1. The number of likely N-dealkylation sites (tertiary alicyclic amines) is 1. The molecule has 1 aromatic rings. The fourth-order valence-corrected chi connectivity index (χ4v) is 3.13. The standard InChI is InChI=1S/C12H16ClN3O/c13-9-4-10(15-6-9)12(17)16-3-1-2-8-5-14-7-11(8)16/h4,6,8,11,14-15H,1-3,5,7H2. The van der Waals surface area contributed by atoms with Gasteiger partial charge in [0.1, 0.15) is 5.69 Å². The molecule has 0 saturated carbocycles. The van der Waals surface area contributed by atoms with Gasteiger partial charge in [0.2, 0.25) is 0 Å². The van der Waals surface area contributed by atoms with Gasteiger partial charge in [0.15, 0.2) is 0 Å². The van der Waals surface area contributed by atoms with Crippen molar-refractivity contribution in [1.82, 2.24) is 15.2 Å².